The summed E-state index contributed by atoms with van der Waals surface area (Å²) in [6, 6.07) is 3.29. The fraction of sp³-hybridized carbons (Fsp3) is 0. The molecule has 0 saturated carbocycles. The Morgan fingerprint density at radius 3 is 1.95 bits per heavy atom. The summed E-state index contributed by atoms with van der Waals surface area (Å²) in [5, 5.41) is 9.07. The third kappa shape index (κ3) is 3.99. The van der Waals surface area contributed by atoms with Gasteiger partial charge in [-0.3, -0.25) is 0 Å². The fourth-order valence-corrected chi connectivity index (χ4v) is 2.98. The summed E-state index contributed by atoms with van der Waals surface area (Å²) in [5.74, 6) is -0.708. The third-order valence-electron chi connectivity index (χ3n) is 2.62. The molecule has 0 aromatic heterocycles. The number of rotatable bonds is 2. The van der Waals surface area contributed by atoms with E-state index in [0.29, 0.717) is 12.1 Å². The van der Waals surface area contributed by atoms with Gasteiger partial charge in [0.1, 0.15) is 26.0 Å². The van der Waals surface area contributed by atoms with Crippen LogP contribution in [-0.4, -0.2) is 31.0 Å². The van der Waals surface area contributed by atoms with Gasteiger partial charge in [0.2, 0.25) is 0 Å². The molecule has 2 aromatic rings. The minimum atomic E-state index is -4.94. The van der Waals surface area contributed by atoms with Crippen molar-refractivity contribution in [3.05, 3.63) is 24.3 Å². The van der Waals surface area contributed by atoms with Crippen LogP contribution >= 0.6 is 0 Å². The van der Waals surface area contributed by atoms with Gasteiger partial charge in [0.15, 0.2) is 0 Å². The molecule has 8 nitrogen and oxygen atoms in total. The monoisotopic (exact) mass is 331 g/mol. The second-order valence-electron chi connectivity index (χ2n) is 3.93. The molecule has 0 spiro atoms. The molecule has 3 N–H and O–H groups in total. The number of anilines is 1. The molecule has 0 fully saturated rings. The van der Waals surface area contributed by atoms with Gasteiger partial charge >= 0.3 is 37.7 Å². The average Bonchev–Trinajstić information content (AvgIpc) is 2.25. The van der Waals surface area contributed by atoms with E-state index in [-0.39, 0.29) is 48.8 Å². The zero-order valence-electron chi connectivity index (χ0n) is 11.6. The number of hydrogen-bond acceptors (Lipinski definition) is 8. The van der Waals surface area contributed by atoms with Gasteiger partial charge in [-0.2, -0.15) is 0 Å². The first kappa shape index (κ1) is 21.3. The van der Waals surface area contributed by atoms with Crippen LogP contribution in [0.2, 0.25) is 0 Å². The summed E-state index contributed by atoms with van der Waals surface area (Å²) in [6.45, 7) is 0. The molecule has 12 heteroatoms. The smallest absolute Gasteiger partial charge is 0.744 e. The molecule has 2 aromatic carbocycles. The molecule has 22 heavy (non-hydrogen) atoms. The van der Waals surface area contributed by atoms with Crippen molar-refractivity contribution in [1.82, 2.24) is 0 Å². The largest absolute Gasteiger partial charge is 1.00 e. The molecule has 0 unspecified atom stereocenters. The van der Waals surface area contributed by atoms with Crippen molar-refractivity contribution in [2.24, 2.45) is 0 Å². The molecule has 0 radical (unpaired) electrons. The summed E-state index contributed by atoms with van der Waals surface area (Å²) >= 11 is 0. The van der Waals surface area contributed by atoms with E-state index in [1.807, 2.05) is 0 Å². The van der Waals surface area contributed by atoms with Crippen molar-refractivity contribution < 1.29 is 68.8 Å². The summed E-state index contributed by atoms with van der Waals surface area (Å²) in [6.07, 6.45) is 0. The average molecular weight is 331 g/mol. The van der Waals surface area contributed by atoms with E-state index in [4.69, 9.17) is 5.73 Å². The Labute approximate surface area is 150 Å². The second kappa shape index (κ2) is 6.83. The second-order valence-corrected chi connectivity index (χ2v) is 6.65. The summed E-state index contributed by atoms with van der Waals surface area (Å²) in [7, 11) is -9.88. The maximum Gasteiger partial charge on any atom is 1.00 e. The molecule has 0 aliphatic carbocycles. The molecule has 108 valence electrons. The number of benzene rings is 2. The molecule has 0 aliphatic rings. The van der Waals surface area contributed by atoms with Crippen LogP contribution in [0.5, 0.6) is 5.75 Å². The van der Waals surface area contributed by atoms with E-state index in [9.17, 15) is 31.0 Å². The Morgan fingerprint density at radius 1 is 0.955 bits per heavy atom. The number of phenols is 1. The Balaban J connectivity index is 0.00000220. The normalized spacial score (nSPS) is 11.5. The molecule has 0 aliphatic heterocycles. The van der Waals surface area contributed by atoms with Crippen molar-refractivity contribution in [2.45, 2.75) is 9.79 Å². The SMILES string of the molecule is Nc1ccc(S(=O)(=O)[O-])c2cc(S(=O)(=O)[O-])cc(O)c12.[Li+].[Li+]. The van der Waals surface area contributed by atoms with Gasteiger partial charge in [-0.05, 0) is 24.3 Å². The van der Waals surface area contributed by atoms with Crippen molar-refractivity contribution in [3.8, 4) is 5.75 Å². The first-order chi connectivity index (χ1) is 9.01. The molecular weight excluding hydrogens is 324 g/mol. The molecule has 0 atom stereocenters. The number of hydrogen-bond donors (Lipinski definition) is 2. The summed E-state index contributed by atoms with van der Waals surface area (Å²) < 4.78 is 66.2. The first-order valence-electron chi connectivity index (χ1n) is 4.99. The van der Waals surface area contributed by atoms with Crippen molar-refractivity contribution in [1.29, 1.82) is 0 Å². The van der Waals surface area contributed by atoms with Crippen LogP contribution in [0.25, 0.3) is 10.8 Å². The maximum absolute atomic E-state index is 11.1. The van der Waals surface area contributed by atoms with Crippen molar-refractivity contribution >= 4 is 36.7 Å². The van der Waals surface area contributed by atoms with E-state index in [2.05, 4.69) is 0 Å². The van der Waals surface area contributed by atoms with Crippen molar-refractivity contribution in [2.75, 3.05) is 5.73 Å². The van der Waals surface area contributed by atoms with Crippen LogP contribution in [0.1, 0.15) is 0 Å². The van der Waals surface area contributed by atoms with Crippen LogP contribution in [0.4, 0.5) is 5.69 Å². The van der Waals surface area contributed by atoms with Crippen LogP contribution in [-0.2, 0) is 20.2 Å². The molecule has 0 heterocycles. The van der Waals surface area contributed by atoms with E-state index >= 15 is 0 Å². The predicted molar refractivity (Wildman–Crippen MR) is 66.0 cm³/mol. The standard InChI is InChI=1S/C10H9NO7S2.2Li/c11-7-1-2-9(20(16,17)18)6-3-5(19(13,14)15)4-8(12)10(6)7;;/h1-4,12H,11H2,(H,13,14,15)(H,16,17,18);;/q;2*+1/p-2. The van der Waals surface area contributed by atoms with E-state index in [1.54, 1.807) is 0 Å². The molecule has 0 amide bonds. The quantitative estimate of drug-likeness (QED) is 0.312. The Morgan fingerprint density at radius 2 is 1.50 bits per heavy atom. The minimum Gasteiger partial charge on any atom is -0.744 e. The van der Waals surface area contributed by atoms with Gasteiger partial charge in [0.05, 0.1) is 9.79 Å². The Hall–Kier alpha value is -0.685. The van der Waals surface area contributed by atoms with Gasteiger partial charge in [0, 0.05) is 16.5 Å². The molecule has 0 saturated heterocycles. The number of fused-ring (bicyclic) bond motifs is 1. The zero-order chi connectivity index (χ0) is 15.3. The van der Waals surface area contributed by atoms with Crippen LogP contribution in [0, 0.1) is 0 Å². The summed E-state index contributed by atoms with van der Waals surface area (Å²) in [4.78, 5) is -1.64. The number of nitrogens with two attached hydrogens (primary N) is 1. The van der Waals surface area contributed by atoms with Crippen LogP contribution in [0.3, 0.4) is 0 Å². The van der Waals surface area contributed by atoms with Gasteiger partial charge in [-0.15, -0.1) is 0 Å². The first-order valence-corrected chi connectivity index (χ1v) is 7.80. The predicted octanol–water partition coefficient (Wildman–Crippen LogP) is -6.06. The van der Waals surface area contributed by atoms with Gasteiger partial charge in [-0.1, -0.05) is 0 Å². The summed E-state index contributed by atoms with van der Waals surface area (Å²) in [5.41, 5.74) is 5.47. The zero-order valence-corrected chi connectivity index (χ0v) is 13.2. The maximum atomic E-state index is 11.1. The van der Waals surface area contributed by atoms with E-state index in [1.165, 1.54) is 0 Å². The number of aromatic hydroxyl groups is 1. The van der Waals surface area contributed by atoms with Crippen LogP contribution < -0.4 is 43.5 Å². The van der Waals surface area contributed by atoms with E-state index < -0.39 is 41.2 Å². The third-order valence-corrected chi connectivity index (χ3v) is 4.33. The topological polar surface area (TPSA) is 161 Å². The van der Waals surface area contributed by atoms with Gasteiger partial charge < -0.3 is 19.9 Å². The Kier molecular flexibility index (Phi) is 6.62. The Bertz CT molecular complexity index is 926. The van der Waals surface area contributed by atoms with Gasteiger partial charge in [-0.25, -0.2) is 16.8 Å². The van der Waals surface area contributed by atoms with Crippen molar-refractivity contribution in [3.63, 3.8) is 0 Å². The van der Waals surface area contributed by atoms with E-state index in [0.717, 1.165) is 12.1 Å². The van der Waals surface area contributed by atoms with Crippen LogP contribution in [0.15, 0.2) is 34.1 Å². The fourth-order valence-electron chi connectivity index (χ4n) is 1.80. The molecule has 0 bridgehead atoms. The molecular formula is C10H7Li2NO7S2. The molecule has 2 rings (SSSR count). The minimum absolute atomic E-state index is 0. The number of nitrogen functional groups attached to an aromatic ring is 1. The number of phenolic OH excluding ortho intramolecular Hbond substituents is 1. The van der Waals surface area contributed by atoms with Gasteiger partial charge in [0.25, 0.3) is 0 Å².